The quantitative estimate of drug-likeness (QED) is 0.264. The number of fused-ring (bicyclic) bond motifs is 3. The van der Waals surface area contributed by atoms with Gasteiger partial charge in [0.25, 0.3) is 0 Å². The number of ether oxygens (including phenoxy) is 2. The molecule has 0 aromatic carbocycles. The molecule has 0 radical (unpaired) electrons. The van der Waals surface area contributed by atoms with Crippen molar-refractivity contribution in [3.63, 3.8) is 0 Å². The van der Waals surface area contributed by atoms with Crippen LogP contribution in [0.1, 0.15) is 82.7 Å². The predicted molar refractivity (Wildman–Crippen MR) is 133 cm³/mol. The number of rotatable bonds is 4. The normalized spacial score (nSPS) is 14.5. The van der Waals surface area contributed by atoms with E-state index in [1.807, 2.05) is 0 Å². The fraction of sp³-hybridized carbons (Fsp3) is 0.192. The van der Waals surface area contributed by atoms with Gasteiger partial charge < -0.3 is 13.9 Å². The summed E-state index contributed by atoms with van der Waals surface area (Å²) in [6.45, 7) is 2.82. The van der Waals surface area contributed by atoms with Crippen LogP contribution in [0.4, 0.5) is 0 Å². The van der Waals surface area contributed by atoms with Gasteiger partial charge in [-0.1, -0.05) is 23.2 Å². The van der Waals surface area contributed by atoms with E-state index < -0.39 is 34.7 Å². The van der Waals surface area contributed by atoms with Crippen molar-refractivity contribution in [2.24, 2.45) is 0 Å². The van der Waals surface area contributed by atoms with Gasteiger partial charge in [-0.05, 0) is 26.0 Å². The minimum absolute atomic E-state index is 0.00698. The number of pyridine rings is 2. The van der Waals surface area contributed by atoms with E-state index in [0.717, 1.165) is 0 Å². The van der Waals surface area contributed by atoms with Crippen molar-refractivity contribution in [1.29, 1.82) is 0 Å². The summed E-state index contributed by atoms with van der Waals surface area (Å²) in [5.41, 5.74) is 0.703. The summed E-state index contributed by atoms with van der Waals surface area (Å²) < 4.78 is 16.2. The molecule has 194 valence electrons. The number of furan rings is 1. The minimum atomic E-state index is -1.41. The molecule has 0 amide bonds. The first-order valence-electron chi connectivity index (χ1n) is 10.9. The summed E-state index contributed by atoms with van der Waals surface area (Å²) in [6.07, 6.45) is 5.45. The number of carbonyl (C=O) groups excluding carboxylic acids is 5. The van der Waals surface area contributed by atoms with E-state index in [0.29, 0.717) is 0 Å². The smallest absolute Gasteiger partial charge is 0.229 e. The first kappa shape index (κ1) is 27.2. The molecule has 0 bridgehead atoms. The van der Waals surface area contributed by atoms with Crippen molar-refractivity contribution in [2.45, 2.75) is 19.6 Å². The Morgan fingerprint density at radius 2 is 1.29 bits per heavy atom. The van der Waals surface area contributed by atoms with Crippen LogP contribution in [0.3, 0.4) is 0 Å². The zero-order valence-corrected chi connectivity index (χ0v) is 21.9. The van der Waals surface area contributed by atoms with Crippen LogP contribution in [0.5, 0.6) is 0 Å². The van der Waals surface area contributed by atoms with Gasteiger partial charge in [0.1, 0.15) is 10.1 Å². The first-order chi connectivity index (χ1) is 18.0. The van der Waals surface area contributed by atoms with Crippen LogP contribution in [0.2, 0.25) is 0 Å². The van der Waals surface area contributed by atoms with Crippen LogP contribution in [-0.2, 0) is 15.3 Å². The molecule has 0 atom stereocenters. The standard InChI is InChI=1S/C17H15NO6.C9H3Cl2NO2/c1-8(19)11-12-13(20)10-7-18-6-5-9(10)14(21)15(12)24-16(11)17(2,22-3)23-4;10-6-7(11)9(14)5-3-12-2-1-4(5)8(6)13/h5-7H,1-4H3;1-3H. The van der Waals surface area contributed by atoms with Gasteiger partial charge in [0.2, 0.25) is 23.1 Å². The lowest BCUT2D eigenvalue weighted by atomic mass is 9.86. The number of allylic oxidation sites excluding steroid dienone is 2. The Bertz CT molecular complexity index is 1540. The maximum absolute atomic E-state index is 12.8. The molecule has 0 saturated carbocycles. The van der Waals surface area contributed by atoms with Crippen molar-refractivity contribution in [3.8, 4) is 0 Å². The first-order valence-corrected chi connectivity index (χ1v) is 11.6. The Kier molecular flexibility index (Phi) is 7.26. The van der Waals surface area contributed by atoms with E-state index in [2.05, 4.69) is 9.97 Å². The number of methoxy groups -OCH3 is 2. The third kappa shape index (κ3) is 4.21. The molecule has 10 nitrogen and oxygen atoms in total. The number of carbonyl (C=O) groups is 5. The van der Waals surface area contributed by atoms with Gasteiger partial charge in [-0.3, -0.25) is 33.9 Å². The fourth-order valence-electron chi connectivity index (χ4n) is 3.97. The Morgan fingerprint density at radius 1 is 0.816 bits per heavy atom. The number of hydrogen-bond donors (Lipinski definition) is 0. The topological polar surface area (TPSA) is 143 Å². The number of aromatic nitrogens is 2. The van der Waals surface area contributed by atoms with Gasteiger partial charge >= 0.3 is 0 Å². The SMILES string of the molecule is COC(C)(OC)c1oc2c(c1C(C)=O)C(=O)c1cnccc1C2=O.O=C1C(Cl)=C(Cl)C(=O)c2cnccc21. The highest BCUT2D eigenvalue weighted by Gasteiger charge is 2.44. The molecule has 0 aliphatic heterocycles. The van der Waals surface area contributed by atoms with Gasteiger partial charge in [-0.25, -0.2) is 0 Å². The van der Waals surface area contributed by atoms with Crippen LogP contribution in [0.15, 0.2) is 51.4 Å². The lowest BCUT2D eigenvalue weighted by Gasteiger charge is -2.24. The van der Waals surface area contributed by atoms with E-state index in [1.54, 1.807) is 0 Å². The van der Waals surface area contributed by atoms with Crippen molar-refractivity contribution in [2.75, 3.05) is 14.2 Å². The number of Topliss-reactive ketones (excluding diaryl/α,β-unsaturated/α-hetero) is 3. The van der Waals surface area contributed by atoms with E-state index in [-0.39, 0.29) is 55.0 Å². The third-order valence-electron chi connectivity index (χ3n) is 6.10. The van der Waals surface area contributed by atoms with E-state index in [4.69, 9.17) is 37.1 Å². The van der Waals surface area contributed by atoms with Crippen molar-refractivity contribution < 1.29 is 37.9 Å². The number of hydrogen-bond acceptors (Lipinski definition) is 10. The summed E-state index contributed by atoms with van der Waals surface area (Å²) in [4.78, 5) is 68.3. The molecular formula is C26H18Cl2N2O8. The van der Waals surface area contributed by atoms with Crippen LogP contribution in [-0.4, -0.2) is 53.1 Å². The van der Waals surface area contributed by atoms with Gasteiger partial charge in [0, 0.05) is 50.1 Å². The lowest BCUT2D eigenvalue weighted by Crippen LogP contribution is -2.28. The van der Waals surface area contributed by atoms with Crippen LogP contribution in [0, 0.1) is 0 Å². The molecule has 2 aliphatic rings. The minimum Gasteiger partial charge on any atom is -0.450 e. The van der Waals surface area contributed by atoms with E-state index in [9.17, 15) is 24.0 Å². The summed E-state index contributed by atoms with van der Waals surface area (Å²) in [7, 11) is 2.74. The molecule has 0 fully saturated rings. The Morgan fingerprint density at radius 3 is 1.79 bits per heavy atom. The van der Waals surface area contributed by atoms with Crippen LogP contribution in [0.25, 0.3) is 0 Å². The lowest BCUT2D eigenvalue weighted by molar-refractivity contribution is -0.213. The number of nitrogens with zero attached hydrogens (tertiary/aromatic N) is 2. The van der Waals surface area contributed by atoms with Gasteiger partial charge in [0.05, 0.1) is 22.3 Å². The largest absolute Gasteiger partial charge is 0.450 e. The van der Waals surface area contributed by atoms with Gasteiger partial charge in [-0.15, -0.1) is 0 Å². The summed E-state index contributed by atoms with van der Waals surface area (Å²) in [5, 5.41) is -0.465. The molecule has 2 aliphatic carbocycles. The Hall–Kier alpha value is -3.83. The highest BCUT2D eigenvalue weighted by atomic mass is 35.5. The summed E-state index contributed by atoms with van der Waals surface area (Å²) >= 11 is 11.2. The fourth-order valence-corrected chi connectivity index (χ4v) is 4.35. The molecular weight excluding hydrogens is 539 g/mol. The Balaban J connectivity index is 0.000000204. The molecule has 0 saturated heterocycles. The number of halogens is 2. The summed E-state index contributed by atoms with van der Waals surface area (Å²) in [6, 6.07) is 2.89. The Labute approximate surface area is 225 Å². The molecule has 12 heteroatoms. The van der Waals surface area contributed by atoms with Gasteiger partial charge in [-0.2, -0.15) is 0 Å². The summed E-state index contributed by atoms with van der Waals surface area (Å²) in [5.74, 6) is -3.89. The monoisotopic (exact) mass is 556 g/mol. The third-order valence-corrected chi connectivity index (χ3v) is 6.92. The predicted octanol–water partition coefficient (Wildman–Crippen LogP) is 4.27. The second-order valence-corrected chi connectivity index (χ2v) is 8.96. The van der Waals surface area contributed by atoms with Crippen molar-refractivity contribution in [3.05, 3.63) is 91.9 Å². The second-order valence-electron chi connectivity index (χ2n) is 8.21. The molecule has 0 unspecified atom stereocenters. The molecule has 3 aromatic heterocycles. The van der Waals surface area contributed by atoms with Gasteiger partial charge in [0.15, 0.2) is 23.1 Å². The highest BCUT2D eigenvalue weighted by Crippen LogP contribution is 2.39. The second kappa shape index (κ2) is 10.1. The van der Waals surface area contributed by atoms with Crippen LogP contribution < -0.4 is 0 Å². The zero-order chi connectivity index (χ0) is 27.9. The molecule has 5 rings (SSSR count). The molecule has 0 spiro atoms. The average molecular weight is 557 g/mol. The van der Waals surface area contributed by atoms with E-state index in [1.165, 1.54) is 65.0 Å². The maximum Gasteiger partial charge on any atom is 0.229 e. The maximum atomic E-state index is 12.8. The van der Waals surface area contributed by atoms with Crippen molar-refractivity contribution >= 4 is 52.1 Å². The highest BCUT2D eigenvalue weighted by molar-refractivity contribution is 6.59. The zero-order valence-electron chi connectivity index (χ0n) is 20.4. The molecule has 3 heterocycles. The molecule has 0 N–H and O–H groups in total. The molecule has 38 heavy (non-hydrogen) atoms. The van der Waals surface area contributed by atoms with Crippen LogP contribution >= 0.6 is 23.2 Å². The number of ketones is 5. The molecule has 3 aromatic rings. The average Bonchev–Trinajstić information content (AvgIpc) is 3.36. The van der Waals surface area contributed by atoms with E-state index >= 15 is 0 Å². The van der Waals surface area contributed by atoms with Crippen molar-refractivity contribution in [1.82, 2.24) is 9.97 Å².